The molecule has 148 valence electrons. The molecular weight excluding hydrogens is 368 g/mol. The Morgan fingerprint density at radius 1 is 1.22 bits per heavy atom. The first kappa shape index (κ1) is 19.7. The molecular formula is C19H26N2O5S. The number of nitrogens with one attached hydrogen (secondary N) is 1. The first-order valence-electron chi connectivity index (χ1n) is 9.40. The Balaban J connectivity index is 1.71. The van der Waals surface area contributed by atoms with Crippen molar-refractivity contribution < 1.29 is 23.9 Å². The van der Waals surface area contributed by atoms with E-state index in [1.165, 1.54) is 26.3 Å². The van der Waals surface area contributed by atoms with Crippen molar-refractivity contribution in [3.63, 3.8) is 0 Å². The van der Waals surface area contributed by atoms with Crippen LogP contribution in [0.2, 0.25) is 0 Å². The minimum Gasteiger partial charge on any atom is -0.462 e. The quantitative estimate of drug-likeness (QED) is 0.689. The van der Waals surface area contributed by atoms with Crippen molar-refractivity contribution >= 4 is 34.2 Å². The third-order valence-corrected chi connectivity index (χ3v) is 6.70. The molecule has 0 unspecified atom stereocenters. The summed E-state index contributed by atoms with van der Waals surface area (Å²) in [4.78, 5) is 37.0. The smallest absolute Gasteiger partial charge is 0.341 e. The van der Waals surface area contributed by atoms with Crippen LogP contribution in [0.3, 0.4) is 0 Å². The van der Waals surface area contributed by atoms with Crippen molar-refractivity contribution in [2.45, 2.75) is 45.6 Å². The molecule has 0 aliphatic heterocycles. The highest BCUT2D eigenvalue weighted by Crippen LogP contribution is 2.49. The average molecular weight is 394 g/mol. The Morgan fingerprint density at radius 2 is 2.00 bits per heavy atom. The number of fused-ring (bicyclic) bond motifs is 2. The van der Waals surface area contributed by atoms with E-state index < -0.39 is 5.97 Å². The number of nitrogen functional groups attached to an aromatic ring is 1. The predicted molar refractivity (Wildman–Crippen MR) is 101 cm³/mol. The Kier molecular flexibility index (Phi) is 6.04. The summed E-state index contributed by atoms with van der Waals surface area (Å²) in [5, 5.41) is 2.71. The van der Waals surface area contributed by atoms with Crippen LogP contribution < -0.4 is 11.1 Å². The van der Waals surface area contributed by atoms with Crippen molar-refractivity contribution in [2.75, 3.05) is 19.4 Å². The molecule has 2 aliphatic carbocycles. The molecule has 2 aliphatic rings. The molecule has 3 N–H and O–H groups in total. The largest absolute Gasteiger partial charge is 0.462 e. The molecule has 8 heteroatoms. The van der Waals surface area contributed by atoms with Crippen molar-refractivity contribution in [3.05, 3.63) is 16.0 Å². The maximum atomic E-state index is 12.3. The molecule has 1 aromatic heterocycles. The fraction of sp³-hybridized carbons (Fsp3) is 0.632. The van der Waals surface area contributed by atoms with Crippen LogP contribution >= 0.6 is 11.3 Å². The van der Waals surface area contributed by atoms with Gasteiger partial charge in [-0.1, -0.05) is 6.42 Å². The molecule has 7 nitrogen and oxygen atoms in total. The van der Waals surface area contributed by atoms with Gasteiger partial charge in [0.05, 0.1) is 6.61 Å². The number of carbonyl (C=O) groups excluding carboxylic acids is 3. The molecule has 0 saturated heterocycles. The molecule has 1 heterocycles. The number of rotatable bonds is 7. The first-order valence-corrected chi connectivity index (χ1v) is 10.2. The lowest BCUT2D eigenvalue weighted by atomic mass is 9.86. The number of esters is 2. The third-order valence-electron chi connectivity index (χ3n) is 5.64. The summed E-state index contributed by atoms with van der Waals surface area (Å²) in [7, 11) is 1.49. The Labute approximate surface area is 162 Å². The topological polar surface area (TPSA) is 108 Å². The molecule has 0 spiro atoms. The van der Waals surface area contributed by atoms with Crippen molar-refractivity contribution in [1.82, 2.24) is 5.32 Å². The molecule has 3 rings (SSSR count). The number of nitrogens with two attached hydrogens (primary N) is 1. The number of hydrogen-bond acceptors (Lipinski definition) is 7. The summed E-state index contributed by atoms with van der Waals surface area (Å²) in [6, 6.07) is 0. The van der Waals surface area contributed by atoms with E-state index in [0.717, 1.165) is 23.7 Å². The molecule has 2 bridgehead atoms. The van der Waals surface area contributed by atoms with E-state index in [-0.39, 0.29) is 40.5 Å². The summed E-state index contributed by atoms with van der Waals surface area (Å²) in [6.07, 6.45) is 5.21. The molecule has 1 amide bonds. The minimum absolute atomic E-state index is 0.119. The summed E-state index contributed by atoms with van der Waals surface area (Å²) in [5.41, 5.74) is 6.38. The van der Waals surface area contributed by atoms with Crippen molar-refractivity contribution in [2.24, 2.45) is 17.8 Å². The number of hydrogen-bond donors (Lipinski definition) is 2. The molecule has 27 heavy (non-hydrogen) atoms. The van der Waals surface area contributed by atoms with Crippen LogP contribution in [0, 0.1) is 17.8 Å². The second-order valence-electron chi connectivity index (χ2n) is 7.25. The van der Waals surface area contributed by atoms with Gasteiger partial charge in [0.15, 0.2) is 0 Å². The fourth-order valence-electron chi connectivity index (χ4n) is 4.40. The molecule has 0 radical (unpaired) electrons. The third kappa shape index (κ3) is 4.10. The second kappa shape index (κ2) is 8.29. The molecule has 2 saturated carbocycles. The van der Waals surface area contributed by atoms with Crippen LogP contribution in [0.1, 0.15) is 64.6 Å². The average Bonchev–Trinajstić information content (AvgIpc) is 3.33. The van der Waals surface area contributed by atoms with Gasteiger partial charge in [-0.2, -0.15) is 0 Å². The second-order valence-corrected chi connectivity index (χ2v) is 8.30. The van der Waals surface area contributed by atoms with Gasteiger partial charge in [0.2, 0.25) is 0 Å². The highest BCUT2D eigenvalue weighted by Gasteiger charge is 2.40. The van der Waals surface area contributed by atoms with Crippen LogP contribution in [0.15, 0.2) is 0 Å². The van der Waals surface area contributed by atoms with E-state index in [2.05, 4.69) is 5.32 Å². The van der Waals surface area contributed by atoms with E-state index in [1.807, 2.05) is 0 Å². The summed E-state index contributed by atoms with van der Waals surface area (Å²) < 4.78 is 10.5. The Morgan fingerprint density at radius 3 is 2.59 bits per heavy atom. The van der Waals surface area contributed by atoms with Gasteiger partial charge < -0.3 is 20.5 Å². The summed E-state index contributed by atoms with van der Waals surface area (Å²) in [6.45, 7) is 1.71. The van der Waals surface area contributed by atoms with Crippen LogP contribution in [-0.4, -0.2) is 31.5 Å². The van der Waals surface area contributed by atoms with Crippen LogP contribution in [0.5, 0.6) is 0 Å². The Hall–Kier alpha value is -2.09. The maximum absolute atomic E-state index is 12.3. The lowest BCUT2D eigenvalue weighted by molar-refractivity contribution is -0.146. The van der Waals surface area contributed by atoms with Gasteiger partial charge in [0, 0.05) is 19.0 Å². The lowest BCUT2D eigenvalue weighted by Crippen LogP contribution is -2.21. The van der Waals surface area contributed by atoms with E-state index in [4.69, 9.17) is 15.2 Å². The highest BCUT2D eigenvalue weighted by atomic mass is 32.1. The molecule has 2 fully saturated rings. The van der Waals surface area contributed by atoms with Crippen molar-refractivity contribution in [1.29, 1.82) is 0 Å². The molecule has 0 aromatic carbocycles. The Bertz CT molecular complexity index is 745. The van der Waals surface area contributed by atoms with Crippen LogP contribution in [-0.2, 0) is 20.9 Å². The van der Waals surface area contributed by atoms with Gasteiger partial charge in [-0.15, -0.1) is 11.3 Å². The summed E-state index contributed by atoms with van der Waals surface area (Å²) in [5.74, 6) is 0.513. The molecule has 1 aromatic rings. The minimum atomic E-state index is -0.611. The van der Waals surface area contributed by atoms with Crippen LogP contribution in [0.25, 0.3) is 0 Å². The SMILES string of the molecule is CCOC(=O)c1c(N)sc(C(=O)NC)c1COC(=O)C[C@@H]1C[C@H]2CC[C@@H]1C2. The normalized spacial score (nSPS) is 23.3. The standard InChI is InChI=1S/C19H26N2O5S/c1-3-25-19(24)15-13(16(18(23)21-2)27-17(15)20)9-26-14(22)8-12-7-10-4-5-11(12)6-10/h10-12H,3-9,20H2,1-2H3,(H,21,23)/t10-,11+,12-/m0/s1. The summed E-state index contributed by atoms with van der Waals surface area (Å²) >= 11 is 0.996. The van der Waals surface area contributed by atoms with Gasteiger partial charge in [0.25, 0.3) is 5.91 Å². The van der Waals surface area contributed by atoms with Gasteiger partial charge in [-0.05, 0) is 43.9 Å². The highest BCUT2D eigenvalue weighted by molar-refractivity contribution is 7.18. The number of anilines is 1. The number of thiophene rings is 1. The van der Waals surface area contributed by atoms with Gasteiger partial charge in [-0.25, -0.2) is 4.79 Å². The maximum Gasteiger partial charge on any atom is 0.341 e. The van der Waals surface area contributed by atoms with E-state index in [1.54, 1.807) is 6.92 Å². The van der Waals surface area contributed by atoms with Crippen molar-refractivity contribution in [3.8, 4) is 0 Å². The van der Waals surface area contributed by atoms with E-state index in [9.17, 15) is 14.4 Å². The fourth-order valence-corrected chi connectivity index (χ4v) is 5.41. The number of ether oxygens (including phenoxy) is 2. The zero-order valence-electron chi connectivity index (χ0n) is 15.7. The molecule has 3 atom stereocenters. The van der Waals surface area contributed by atoms with E-state index in [0.29, 0.717) is 23.8 Å². The van der Waals surface area contributed by atoms with Crippen LogP contribution in [0.4, 0.5) is 5.00 Å². The zero-order chi connectivity index (χ0) is 19.6. The zero-order valence-corrected chi connectivity index (χ0v) is 16.5. The predicted octanol–water partition coefficient (Wildman–Crippen LogP) is 2.74. The van der Waals surface area contributed by atoms with Gasteiger partial charge in [-0.3, -0.25) is 9.59 Å². The van der Waals surface area contributed by atoms with Gasteiger partial charge in [0.1, 0.15) is 22.0 Å². The van der Waals surface area contributed by atoms with Gasteiger partial charge >= 0.3 is 11.9 Å². The first-order chi connectivity index (χ1) is 12.9. The lowest BCUT2D eigenvalue weighted by Gasteiger charge is -2.20. The number of amides is 1. The van der Waals surface area contributed by atoms with E-state index >= 15 is 0 Å². The number of carbonyl (C=O) groups is 3. The monoisotopic (exact) mass is 394 g/mol.